The first-order valence-electron chi connectivity index (χ1n) is 9.70. The van der Waals surface area contributed by atoms with Gasteiger partial charge in [-0.1, -0.05) is 64.8 Å². The maximum absolute atomic E-state index is 13.1. The van der Waals surface area contributed by atoms with Gasteiger partial charge in [-0.2, -0.15) is 0 Å². The summed E-state index contributed by atoms with van der Waals surface area (Å²) in [6.45, 7) is 8.19. The van der Waals surface area contributed by atoms with Gasteiger partial charge in [0, 0.05) is 17.1 Å². The molecular weight excluding hydrogens is 416 g/mol. The molecule has 0 fully saturated rings. The highest BCUT2D eigenvalue weighted by atomic mass is 79.9. The van der Waals surface area contributed by atoms with E-state index in [2.05, 4.69) is 21.2 Å². The van der Waals surface area contributed by atoms with Gasteiger partial charge in [-0.15, -0.1) is 0 Å². The second-order valence-corrected chi connectivity index (χ2v) is 8.23. The van der Waals surface area contributed by atoms with Crippen LogP contribution >= 0.6 is 15.9 Å². The molecule has 0 aliphatic carbocycles. The summed E-state index contributed by atoms with van der Waals surface area (Å²) in [7, 11) is 0. The number of carbonyl (C=O) groups excluding carboxylic acids is 2. The summed E-state index contributed by atoms with van der Waals surface area (Å²) in [5, 5.41) is 2.99. The van der Waals surface area contributed by atoms with Gasteiger partial charge in [0.1, 0.15) is 6.04 Å². The Labute approximate surface area is 176 Å². The molecular formula is C23H29BrN2O2. The van der Waals surface area contributed by atoms with E-state index in [1.807, 2.05) is 69.3 Å². The second-order valence-electron chi connectivity index (χ2n) is 7.31. The summed E-state index contributed by atoms with van der Waals surface area (Å²) in [6.07, 6.45) is 1.12. The Bertz CT molecular complexity index is 822. The van der Waals surface area contributed by atoms with Crippen molar-refractivity contribution in [2.75, 3.05) is 0 Å². The van der Waals surface area contributed by atoms with Gasteiger partial charge in [0.05, 0.1) is 6.42 Å². The molecule has 2 aromatic rings. The molecule has 4 nitrogen and oxygen atoms in total. The van der Waals surface area contributed by atoms with E-state index in [0.717, 1.165) is 27.6 Å². The SMILES string of the molecule is CC[C@@H](C)NC(=O)[C@H](C)N(Cc1cccc(Br)c1)C(=O)Cc1cccc(C)c1. The van der Waals surface area contributed by atoms with Crippen molar-refractivity contribution in [2.45, 2.75) is 59.2 Å². The summed E-state index contributed by atoms with van der Waals surface area (Å²) in [5.74, 6) is -0.181. The number of nitrogens with one attached hydrogen (secondary N) is 1. The average Bonchev–Trinajstić information content (AvgIpc) is 2.65. The molecule has 0 saturated heterocycles. The monoisotopic (exact) mass is 444 g/mol. The van der Waals surface area contributed by atoms with Gasteiger partial charge >= 0.3 is 0 Å². The highest BCUT2D eigenvalue weighted by Gasteiger charge is 2.26. The van der Waals surface area contributed by atoms with E-state index in [0.29, 0.717) is 6.54 Å². The van der Waals surface area contributed by atoms with Crippen LogP contribution in [0.25, 0.3) is 0 Å². The summed E-state index contributed by atoms with van der Waals surface area (Å²) in [6, 6.07) is 15.3. The first kappa shape index (κ1) is 22.2. The van der Waals surface area contributed by atoms with Gasteiger partial charge < -0.3 is 10.2 Å². The molecule has 0 heterocycles. The third kappa shape index (κ3) is 6.48. The highest BCUT2D eigenvalue weighted by Crippen LogP contribution is 2.17. The molecule has 2 amide bonds. The number of hydrogen-bond donors (Lipinski definition) is 1. The van der Waals surface area contributed by atoms with Crippen molar-refractivity contribution < 1.29 is 9.59 Å². The van der Waals surface area contributed by atoms with Gasteiger partial charge in [0.2, 0.25) is 11.8 Å². The zero-order chi connectivity index (χ0) is 20.7. The lowest BCUT2D eigenvalue weighted by molar-refractivity contribution is -0.140. The van der Waals surface area contributed by atoms with E-state index >= 15 is 0 Å². The third-order valence-electron chi connectivity index (χ3n) is 4.85. The fourth-order valence-corrected chi connectivity index (χ4v) is 3.43. The van der Waals surface area contributed by atoms with Gasteiger partial charge in [-0.05, 0) is 50.5 Å². The van der Waals surface area contributed by atoms with Crippen molar-refractivity contribution in [3.63, 3.8) is 0 Å². The van der Waals surface area contributed by atoms with Crippen molar-refractivity contribution in [3.8, 4) is 0 Å². The largest absolute Gasteiger partial charge is 0.352 e. The molecule has 150 valence electrons. The lowest BCUT2D eigenvalue weighted by Gasteiger charge is -2.30. The standard InChI is InChI=1S/C23H29BrN2O2/c1-5-17(3)25-23(28)18(4)26(15-20-10-7-11-21(24)13-20)22(27)14-19-9-6-8-16(2)12-19/h6-13,17-18H,5,14-15H2,1-4H3,(H,25,28)/t17-,18+/m1/s1. The molecule has 28 heavy (non-hydrogen) atoms. The molecule has 0 aromatic heterocycles. The lowest BCUT2D eigenvalue weighted by Crippen LogP contribution is -2.49. The van der Waals surface area contributed by atoms with Crippen LogP contribution < -0.4 is 5.32 Å². The molecule has 1 N–H and O–H groups in total. The van der Waals surface area contributed by atoms with E-state index in [1.165, 1.54) is 0 Å². The van der Waals surface area contributed by atoms with E-state index in [-0.39, 0.29) is 24.3 Å². The Balaban J connectivity index is 2.23. The normalized spacial score (nSPS) is 12.9. The Morgan fingerprint density at radius 2 is 1.75 bits per heavy atom. The summed E-state index contributed by atoms with van der Waals surface area (Å²) in [4.78, 5) is 27.5. The topological polar surface area (TPSA) is 49.4 Å². The van der Waals surface area contributed by atoms with E-state index in [9.17, 15) is 9.59 Å². The van der Waals surface area contributed by atoms with Gasteiger partial charge in [-0.3, -0.25) is 9.59 Å². The fraction of sp³-hybridized carbons (Fsp3) is 0.391. The van der Waals surface area contributed by atoms with Crippen molar-refractivity contribution >= 4 is 27.7 Å². The third-order valence-corrected chi connectivity index (χ3v) is 5.34. The van der Waals surface area contributed by atoms with Gasteiger partial charge in [0.15, 0.2) is 0 Å². The molecule has 2 aromatic carbocycles. The van der Waals surface area contributed by atoms with Crippen molar-refractivity contribution in [1.82, 2.24) is 10.2 Å². The molecule has 5 heteroatoms. The van der Waals surface area contributed by atoms with Crippen LogP contribution in [0.5, 0.6) is 0 Å². The number of carbonyl (C=O) groups is 2. The summed E-state index contributed by atoms with van der Waals surface area (Å²) >= 11 is 3.48. The quantitative estimate of drug-likeness (QED) is 0.644. The molecule has 2 rings (SSSR count). The Kier molecular flexibility index (Phi) is 8.24. The molecule has 0 aliphatic heterocycles. The van der Waals surface area contributed by atoms with Crippen LogP contribution in [-0.4, -0.2) is 28.8 Å². The van der Waals surface area contributed by atoms with Crippen molar-refractivity contribution in [2.24, 2.45) is 0 Å². The molecule has 0 spiro atoms. The number of rotatable bonds is 8. The molecule has 0 unspecified atom stereocenters. The fourth-order valence-electron chi connectivity index (χ4n) is 2.98. The van der Waals surface area contributed by atoms with E-state index in [4.69, 9.17) is 0 Å². The summed E-state index contributed by atoms with van der Waals surface area (Å²) < 4.78 is 0.952. The second kappa shape index (κ2) is 10.4. The minimum Gasteiger partial charge on any atom is -0.352 e. The van der Waals surface area contributed by atoms with E-state index in [1.54, 1.807) is 11.8 Å². The first-order valence-corrected chi connectivity index (χ1v) is 10.5. The van der Waals surface area contributed by atoms with Crippen molar-refractivity contribution in [1.29, 1.82) is 0 Å². The molecule has 0 aliphatic rings. The molecule has 0 radical (unpaired) electrons. The predicted octanol–water partition coefficient (Wildman–Crippen LogP) is 4.63. The Morgan fingerprint density at radius 3 is 2.39 bits per heavy atom. The number of nitrogens with zero attached hydrogens (tertiary/aromatic N) is 1. The minimum absolute atomic E-state index is 0.0580. The highest BCUT2D eigenvalue weighted by molar-refractivity contribution is 9.10. The van der Waals surface area contributed by atoms with Crippen LogP contribution in [0, 0.1) is 6.92 Å². The number of amides is 2. The molecule has 0 bridgehead atoms. The zero-order valence-electron chi connectivity index (χ0n) is 17.0. The van der Waals surface area contributed by atoms with Crippen LogP contribution in [0.4, 0.5) is 0 Å². The number of benzene rings is 2. The van der Waals surface area contributed by atoms with Crippen LogP contribution in [0.2, 0.25) is 0 Å². The minimum atomic E-state index is -0.551. The van der Waals surface area contributed by atoms with Gasteiger partial charge in [0.25, 0.3) is 0 Å². The van der Waals surface area contributed by atoms with Crippen LogP contribution in [-0.2, 0) is 22.6 Å². The smallest absolute Gasteiger partial charge is 0.242 e. The van der Waals surface area contributed by atoms with Crippen LogP contribution in [0.15, 0.2) is 53.0 Å². The Hall–Kier alpha value is -2.14. The molecule has 0 saturated carbocycles. The average molecular weight is 445 g/mol. The maximum atomic E-state index is 13.1. The first-order chi connectivity index (χ1) is 13.3. The zero-order valence-corrected chi connectivity index (χ0v) is 18.6. The van der Waals surface area contributed by atoms with Crippen LogP contribution in [0.1, 0.15) is 43.9 Å². The maximum Gasteiger partial charge on any atom is 0.242 e. The number of halogens is 1. The number of aryl methyl sites for hydroxylation is 1. The lowest BCUT2D eigenvalue weighted by atomic mass is 10.1. The van der Waals surface area contributed by atoms with Crippen molar-refractivity contribution in [3.05, 3.63) is 69.7 Å². The number of hydrogen-bond acceptors (Lipinski definition) is 2. The molecule has 2 atom stereocenters. The predicted molar refractivity (Wildman–Crippen MR) is 117 cm³/mol. The van der Waals surface area contributed by atoms with Gasteiger partial charge in [-0.25, -0.2) is 0 Å². The Morgan fingerprint density at radius 1 is 1.07 bits per heavy atom. The summed E-state index contributed by atoms with van der Waals surface area (Å²) in [5.41, 5.74) is 3.06. The van der Waals surface area contributed by atoms with Crippen LogP contribution in [0.3, 0.4) is 0 Å². The van der Waals surface area contributed by atoms with E-state index < -0.39 is 6.04 Å².